The Labute approximate surface area is 115 Å². The number of ketones is 1. The zero-order valence-corrected chi connectivity index (χ0v) is 10.5. The Bertz CT molecular complexity index is 476. The van der Waals surface area contributed by atoms with Crippen LogP contribution in [0, 0.1) is 0 Å². The average Bonchev–Trinajstić information content (AvgIpc) is 2.29. The van der Waals surface area contributed by atoms with Gasteiger partial charge in [0.25, 0.3) is 0 Å². The minimum absolute atomic E-state index is 0.0242. The molecule has 0 amide bonds. The van der Waals surface area contributed by atoms with Gasteiger partial charge in [0.1, 0.15) is 0 Å². The first-order valence-corrected chi connectivity index (χ1v) is 5.70. The van der Waals surface area contributed by atoms with Crippen molar-refractivity contribution < 1.29 is 36.2 Å². The quantitative estimate of drug-likeness (QED) is 0.452. The minimum Gasteiger partial charge on any atom is -0.431 e. The summed E-state index contributed by atoms with van der Waals surface area (Å²) in [6.07, 6.45) is -5.21. The van der Waals surface area contributed by atoms with E-state index in [1.165, 1.54) is 0 Å². The van der Waals surface area contributed by atoms with E-state index in [1.54, 1.807) is 0 Å². The molecule has 0 N–H and O–H groups in total. The Kier molecular flexibility index (Phi) is 5.55. The van der Waals surface area contributed by atoms with Gasteiger partial charge in [0.05, 0.1) is 0 Å². The van der Waals surface area contributed by atoms with Crippen molar-refractivity contribution in [3.8, 4) is 11.5 Å². The number of hydrogen-bond acceptors (Lipinski definition) is 3. The third kappa shape index (κ3) is 5.20. The minimum atomic E-state index is -5.10. The van der Waals surface area contributed by atoms with Crippen LogP contribution < -0.4 is 9.47 Å². The molecule has 1 aromatic carbocycles. The summed E-state index contributed by atoms with van der Waals surface area (Å²) in [6.45, 7) is -3.32. The predicted octanol–water partition coefficient (Wildman–Crippen LogP) is 4.00. The van der Waals surface area contributed by atoms with E-state index in [9.17, 15) is 26.7 Å². The van der Waals surface area contributed by atoms with E-state index in [-0.39, 0.29) is 17.9 Å². The Morgan fingerprint density at radius 3 is 2.40 bits per heavy atom. The predicted molar refractivity (Wildman–Crippen MR) is 59.4 cm³/mol. The normalized spacial score (nSPS) is 11.6. The molecule has 0 heterocycles. The molecule has 0 atom stereocenters. The van der Waals surface area contributed by atoms with Crippen LogP contribution in [-0.4, -0.2) is 24.6 Å². The highest BCUT2D eigenvalue weighted by Gasteiger charge is 2.33. The Hall–Kier alpha value is -1.57. The van der Waals surface area contributed by atoms with E-state index >= 15 is 0 Å². The standard InChI is InChI=1S/C11H8ClF5O3/c12-4-3-7(18)6-1-2-8(19-10(13)14)9(5-6)20-11(15,16)17/h1-2,5,10H,3-4H2. The second kappa shape index (κ2) is 6.74. The maximum Gasteiger partial charge on any atom is 0.573 e. The van der Waals surface area contributed by atoms with Gasteiger partial charge in [-0.3, -0.25) is 4.79 Å². The summed E-state index contributed by atoms with van der Waals surface area (Å²) < 4.78 is 68.1. The van der Waals surface area contributed by atoms with Crippen LogP contribution in [0.25, 0.3) is 0 Å². The average molecular weight is 319 g/mol. The number of carbonyl (C=O) groups is 1. The van der Waals surface area contributed by atoms with E-state index < -0.39 is 30.3 Å². The lowest BCUT2D eigenvalue weighted by Gasteiger charge is -2.14. The molecule has 20 heavy (non-hydrogen) atoms. The van der Waals surface area contributed by atoms with Gasteiger partial charge in [-0.15, -0.1) is 24.8 Å². The van der Waals surface area contributed by atoms with Gasteiger partial charge >= 0.3 is 13.0 Å². The summed E-state index contributed by atoms with van der Waals surface area (Å²) in [5.74, 6) is -2.41. The number of carbonyl (C=O) groups excluding carboxylic acids is 1. The zero-order valence-electron chi connectivity index (χ0n) is 9.72. The largest absolute Gasteiger partial charge is 0.573 e. The van der Waals surface area contributed by atoms with Crippen LogP contribution in [-0.2, 0) is 0 Å². The molecule has 0 aliphatic heterocycles. The van der Waals surface area contributed by atoms with Crippen molar-refractivity contribution >= 4 is 17.4 Å². The first-order valence-electron chi connectivity index (χ1n) is 5.16. The van der Waals surface area contributed by atoms with Gasteiger partial charge in [0, 0.05) is 17.9 Å². The maximum atomic E-state index is 12.2. The summed E-state index contributed by atoms with van der Waals surface area (Å²) in [4.78, 5) is 11.5. The van der Waals surface area contributed by atoms with Crippen LogP contribution in [0.5, 0.6) is 11.5 Å². The molecule has 0 fully saturated rings. The molecule has 0 saturated carbocycles. The summed E-state index contributed by atoms with van der Waals surface area (Å²) in [5, 5.41) is 0. The fourth-order valence-electron chi connectivity index (χ4n) is 1.31. The third-order valence-electron chi connectivity index (χ3n) is 2.03. The number of alkyl halides is 6. The Morgan fingerprint density at radius 1 is 1.25 bits per heavy atom. The highest BCUT2D eigenvalue weighted by atomic mass is 35.5. The summed E-state index contributed by atoms with van der Waals surface area (Å²) in [7, 11) is 0. The lowest BCUT2D eigenvalue weighted by molar-refractivity contribution is -0.275. The molecule has 112 valence electrons. The second-order valence-corrected chi connectivity index (χ2v) is 3.83. The van der Waals surface area contributed by atoms with Crippen molar-refractivity contribution in [2.24, 2.45) is 0 Å². The van der Waals surface area contributed by atoms with Gasteiger partial charge in [-0.25, -0.2) is 0 Å². The van der Waals surface area contributed by atoms with Crippen LogP contribution in [0.15, 0.2) is 18.2 Å². The molecule has 0 radical (unpaired) electrons. The SMILES string of the molecule is O=C(CCCl)c1ccc(OC(F)F)c(OC(F)(F)F)c1. The van der Waals surface area contributed by atoms with Gasteiger partial charge < -0.3 is 9.47 Å². The molecule has 0 aliphatic carbocycles. The van der Waals surface area contributed by atoms with Crippen LogP contribution in [0.3, 0.4) is 0 Å². The monoisotopic (exact) mass is 318 g/mol. The summed E-state index contributed by atoms with van der Waals surface area (Å²) in [6, 6.07) is 2.53. The molecule has 0 saturated heterocycles. The molecule has 0 aliphatic rings. The number of rotatable bonds is 6. The second-order valence-electron chi connectivity index (χ2n) is 3.45. The summed E-state index contributed by atoms with van der Waals surface area (Å²) in [5.41, 5.74) is -0.147. The number of halogens is 6. The number of Topliss-reactive ketones (excluding diaryl/α,β-unsaturated/α-hetero) is 1. The number of hydrogen-bond donors (Lipinski definition) is 0. The molecule has 0 aromatic heterocycles. The van der Waals surface area contributed by atoms with Crippen molar-refractivity contribution in [3.05, 3.63) is 23.8 Å². The van der Waals surface area contributed by atoms with Crippen molar-refractivity contribution in [1.29, 1.82) is 0 Å². The molecule has 0 unspecified atom stereocenters. The van der Waals surface area contributed by atoms with E-state index in [2.05, 4.69) is 9.47 Å². The van der Waals surface area contributed by atoms with E-state index in [4.69, 9.17) is 11.6 Å². The van der Waals surface area contributed by atoms with E-state index in [0.717, 1.165) is 12.1 Å². The molecule has 0 spiro atoms. The van der Waals surface area contributed by atoms with Gasteiger partial charge in [-0.05, 0) is 18.2 Å². The maximum absolute atomic E-state index is 12.2. The van der Waals surface area contributed by atoms with Gasteiger partial charge in [-0.1, -0.05) is 0 Å². The lowest BCUT2D eigenvalue weighted by Crippen LogP contribution is -2.18. The fourth-order valence-corrected chi connectivity index (χ4v) is 1.48. The van der Waals surface area contributed by atoms with Crippen molar-refractivity contribution in [2.45, 2.75) is 19.4 Å². The number of benzene rings is 1. The van der Waals surface area contributed by atoms with Crippen molar-refractivity contribution in [1.82, 2.24) is 0 Å². The third-order valence-corrected chi connectivity index (χ3v) is 2.22. The molecule has 0 bridgehead atoms. The molecule has 1 rings (SSSR count). The van der Waals surface area contributed by atoms with E-state index in [0.29, 0.717) is 6.07 Å². The Balaban J connectivity index is 3.10. The first kappa shape index (κ1) is 16.5. The van der Waals surface area contributed by atoms with Crippen LogP contribution in [0.1, 0.15) is 16.8 Å². The fraction of sp³-hybridized carbons (Fsp3) is 0.364. The molecule has 1 aromatic rings. The smallest absolute Gasteiger partial charge is 0.431 e. The van der Waals surface area contributed by atoms with Gasteiger partial charge in [-0.2, -0.15) is 8.78 Å². The van der Waals surface area contributed by atoms with Crippen LogP contribution in [0.4, 0.5) is 22.0 Å². The molecule has 9 heteroatoms. The molecular formula is C11H8ClF5O3. The molecular weight excluding hydrogens is 311 g/mol. The lowest BCUT2D eigenvalue weighted by atomic mass is 10.1. The van der Waals surface area contributed by atoms with Crippen molar-refractivity contribution in [3.63, 3.8) is 0 Å². The van der Waals surface area contributed by atoms with Crippen LogP contribution in [0.2, 0.25) is 0 Å². The van der Waals surface area contributed by atoms with Crippen molar-refractivity contribution in [2.75, 3.05) is 5.88 Å². The molecule has 3 nitrogen and oxygen atoms in total. The number of ether oxygens (including phenoxy) is 2. The zero-order chi connectivity index (χ0) is 15.3. The summed E-state index contributed by atoms with van der Waals surface area (Å²) >= 11 is 5.34. The highest BCUT2D eigenvalue weighted by Crippen LogP contribution is 2.34. The van der Waals surface area contributed by atoms with E-state index in [1.807, 2.05) is 0 Å². The Morgan fingerprint density at radius 2 is 1.90 bits per heavy atom. The highest BCUT2D eigenvalue weighted by molar-refractivity contribution is 6.19. The topological polar surface area (TPSA) is 35.5 Å². The van der Waals surface area contributed by atoms with Gasteiger partial charge in [0.2, 0.25) is 0 Å². The van der Waals surface area contributed by atoms with Gasteiger partial charge in [0.15, 0.2) is 17.3 Å². The van der Waals surface area contributed by atoms with Crippen LogP contribution >= 0.6 is 11.6 Å². The first-order chi connectivity index (χ1) is 9.23.